The molecule has 0 unspecified atom stereocenters. The molecular weight excluding hydrogens is 298 g/mol. The quantitative estimate of drug-likeness (QED) is 0.782. The zero-order valence-electron chi connectivity index (χ0n) is 14.0. The number of hydrogen-bond acceptors (Lipinski definition) is 2. The van der Waals surface area contributed by atoms with Gasteiger partial charge in [-0.1, -0.05) is 30.3 Å². The zero-order chi connectivity index (χ0) is 16.9. The first-order valence-electron chi connectivity index (χ1n) is 8.03. The summed E-state index contributed by atoms with van der Waals surface area (Å²) < 4.78 is 2.18. The van der Waals surface area contributed by atoms with Gasteiger partial charge in [-0.25, -0.2) is 0 Å². The van der Waals surface area contributed by atoms with E-state index in [0.717, 1.165) is 29.1 Å². The first-order chi connectivity index (χ1) is 11.6. The van der Waals surface area contributed by atoms with Crippen LogP contribution in [0.3, 0.4) is 0 Å². The molecule has 0 bridgehead atoms. The van der Waals surface area contributed by atoms with E-state index >= 15 is 0 Å². The summed E-state index contributed by atoms with van der Waals surface area (Å²) in [5, 5.41) is 2.98. The Bertz CT molecular complexity index is 823. The Morgan fingerprint density at radius 3 is 2.46 bits per heavy atom. The Kier molecular flexibility index (Phi) is 4.75. The fourth-order valence-electron chi connectivity index (χ4n) is 2.82. The highest BCUT2D eigenvalue weighted by molar-refractivity contribution is 5.95. The van der Waals surface area contributed by atoms with Crippen molar-refractivity contribution in [1.29, 1.82) is 0 Å². The number of carbonyl (C=O) groups excluding carboxylic acids is 1. The summed E-state index contributed by atoms with van der Waals surface area (Å²) in [4.78, 5) is 16.5. The number of nitrogens with zero attached hydrogens (tertiary/aromatic N) is 2. The molecular formula is C20H21N3O. The van der Waals surface area contributed by atoms with Crippen LogP contribution in [0.15, 0.2) is 60.9 Å². The lowest BCUT2D eigenvalue weighted by Crippen LogP contribution is -2.23. The standard InChI is InChI=1S/C20H21N3O/c1-15-12-19(20(24)22-13-17-8-10-21-11-9-17)16(2)23(15)14-18-6-4-3-5-7-18/h3-12H,13-14H2,1-2H3,(H,22,24). The number of hydrogen-bond donors (Lipinski definition) is 1. The van der Waals surface area contributed by atoms with Crippen molar-refractivity contribution in [3.63, 3.8) is 0 Å². The predicted molar refractivity (Wildman–Crippen MR) is 94.9 cm³/mol. The molecule has 4 nitrogen and oxygen atoms in total. The normalized spacial score (nSPS) is 10.6. The van der Waals surface area contributed by atoms with E-state index < -0.39 is 0 Å². The van der Waals surface area contributed by atoms with Crippen molar-refractivity contribution < 1.29 is 4.79 Å². The van der Waals surface area contributed by atoms with Gasteiger partial charge in [0.25, 0.3) is 5.91 Å². The van der Waals surface area contributed by atoms with Gasteiger partial charge in [0.1, 0.15) is 0 Å². The van der Waals surface area contributed by atoms with Crippen molar-refractivity contribution in [2.24, 2.45) is 0 Å². The van der Waals surface area contributed by atoms with Gasteiger partial charge in [0.05, 0.1) is 5.56 Å². The molecule has 0 atom stereocenters. The average Bonchev–Trinajstić information content (AvgIpc) is 2.90. The van der Waals surface area contributed by atoms with Crippen LogP contribution in [0, 0.1) is 13.8 Å². The van der Waals surface area contributed by atoms with Gasteiger partial charge >= 0.3 is 0 Å². The van der Waals surface area contributed by atoms with Crippen LogP contribution in [-0.4, -0.2) is 15.5 Å². The number of benzene rings is 1. The summed E-state index contributed by atoms with van der Waals surface area (Å²) in [6, 6.07) is 16.0. The van der Waals surface area contributed by atoms with Crippen LogP contribution < -0.4 is 5.32 Å². The Balaban J connectivity index is 1.74. The number of amides is 1. The summed E-state index contributed by atoms with van der Waals surface area (Å²) >= 11 is 0. The van der Waals surface area contributed by atoms with Crippen LogP contribution in [0.2, 0.25) is 0 Å². The molecule has 4 heteroatoms. The number of carbonyl (C=O) groups is 1. The molecule has 0 spiro atoms. The van der Waals surface area contributed by atoms with E-state index in [0.29, 0.717) is 6.54 Å². The highest BCUT2D eigenvalue weighted by Crippen LogP contribution is 2.17. The molecule has 0 saturated heterocycles. The lowest BCUT2D eigenvalue weighted by Gasteiger charge is -2.10. The molecule has 3 aromatic rings. The lowest BCUT2D eigenvalue weighted by molar-refractivity contribution is 0.0950. The number of rotatable bonds is 5. The van der Waals surface area contributed by atoms with Gasteiger partial charge in [-0.2, -0.15) is 0 Å². The van der Waals surface area contributed by atoms with E-state index in [4.69, 9.17) is 0 Å². The van der Waals surface area contributed by atoms with Gasteiger partial charge in [-0.15, -0.1) is 0 Å². The molecule has 1 aromatic carbocycles. The lowest BCUT2D eigenvalue weighted by atomic mass is 10.2. The maximum atomic E-state index is 12.5. The molecule has 0 aliphatic carbocycles. The second-order valence-corrected chi connectivity index (χ2v) is 5.89. The summed E-state index contributed by atoms with van der Waals surface area (Å²) in [6.07, 6.45) is 3.46. The monoisotopic (exact) mass is 319 g/mol. The molecule has 24 heavy (non-hydrogen) atoms. The third kappa shape index (κ3) is 3.54. The summed E-state index contributed by atoms with van der Waals surface area (Å²) in [6.45, 7) is 5.31. The summed E-state index contributed by atoms with van der Waals surface area (Å²) in [7, 11) is 0. The minimum atomic E-state index is -0.0424. The predicted octanol–water partition coefficient (Wildman–Crippen LogP) is 3.48. The maximum absolute atomic E-state index is 12.5. The number of aryl methyl sites for hydroxylation is 1. The van der Waals surface area contributed by atoms with Crippen molar-refractivity contribution in [2.75, 3.05) is 0 Å². The highest BCUT2D eigenvalue weighted by atomic mass is 16.1. The van der Waals surface area contributed by atoms with Crippen LogP contribution >= 0.6 is 0 Å². The molecule has 0 saturated carbocycles. The van der Waals surface area contributed by atoms with E-state index in [9.17, 15) is 4.79 Å². The fraction of sp³-hybridized carbons (Fsp3) is 0.200. The van der Waals surface area contributed by atoms with Crippen LogP contribution in [0.4, 0.5) is 0 Å². The molecule has 0 fully saturated rings. The topological polar surface area (TPSA) is 46.9 Å². The molecule has 2 aromatic heterocycles. The van der Waals surface area contributed by atoms with Gasteiger partial charge in [0.2, 0.25) is 0 Å². The molecule has 0 radical (unpaired) electrons. The van der Waals surface area contributed by atoms with Crippen molar-refractivity contribution in [3.8, 4) is 0 Å². The van der Waals surface area contributed by atoms with Crippen LogP contribution in [0.1, 0.15) is 32.9 Å². The summed E-state index contributed by atoms with van der Waals surface area (Å²) in [5.74, 6) is -0.0424. The van der Waals surface area contributed by atoms with E-state index in [-0.39, 0.29) is 5.91 Å². The second kappa shape index (κ2) is 7.13. The molecule has 0 aliphatic heterocycles. The minimum Gasteiger partial charge on any atom is -0.348 e. The molecule has 122 valence electrons. The summed E-state index contributed by atoms with van der Waals surface area (Å²) in [5.41, 5.74) is 5.07. The minimum absolute atomic E-state index is 0.0424. The van der Waals surface area contributed by atoms with E-state index in [2.05, 4.69) is 27.0 Å². The van der Waals surface area contributed by atoms with Gasteiger partial charge in [0.15, 0.2) is 0 Å². The second-order valence-electron chi connectivity index (χ2n) is 5.89. The van der Waals surface area contributed by atoms with Crippen LogP contribution in [0.5, 0.6) is 0 Å². The fourth-order valence-corrected chi connectivity index (χ4v) is 2.82. The molecule has 3 rings (SSSR count). The highest BCUT2D eigenvalue weighted by Gasteiger charge is 2.15. The molecule has 2 heterocycles. The van der Waals surface area contributed by atoms with Crippen LogP contribution in [0.25, 0.3) is 0 Å². The van der Waals surface area contributed by atoms with Gasteiger partial charge in [-0.05, 0) is 43.2 Å². The number of nitrogens with one attached hydrogen (secondary N) is 1. The first kappa shape index (κ1) is 16.0. The molecule has 1 amide bonds. The van der Waals surface area contributed by atoms with Gasteiger partial charge < -0.3 is 9.88 Å². The average molecular weight is 319 g/mol. The van der Waals surface area contributed by atoms with Crippen LogP contribution in [-0.2, 0) is 13.1 Å². The third-order valence-corrected chi connectivity index (χ3v) is 4.20. The van der Waals surface area contributed by atoms with Crippen molar-refractivity contribution in [1.82, 2.24) is 14.9 Å². The number of aromatic nitrogens is 2. The van der Waals surface area contributed by atoms with Crippen molar-refractivity contribution in [3.05, 3.63) is 89.0 Å². The Hall–Kier alpha value is -2.88. The molecule has 1 N–H and O–H groups in total. The Morgan fingerprint density at radius 2 is 1.75 bits per heavy atom. The van der Waals surface area contributed by atoms with Gasteiger partial charge in [0, 0.05) is 36.9 Å². The maximum Gasteiger partial charge on any atom is 0.253 e. The largest absolute Gasteiger partial charge is 0.348 e. The third-order valence-electron chi connectivity index (χ3n) is 4.20. The zero-order valence-corrected chi connectivity index (χ0v) is 14.0. The number of pyridine rings is 1. The van der Waals surface area contributed by atoms with E-state index in [1.165, 1.54) is 5.56 Å². The van der Waals surface area contributed by atoms with E-state index in [1.54, 1.807) is 12.4 Å². The van der Waals surface area contributed by atoms with E-state index in [1.807, 2.05) is 50.2 Å². The SMILES string of the molecule is Cc1cc(C(=O)NCc2ccncc2)c(C)n1Cc1ccccc1. The molecule has 0 aliphatic rings. The van der Waals surface area contributed by atoms with Crippen molar-refractivity contribution in [2.45, 2.75) is 26.9 Å². The first-order valence-corrected chi connectivity index (χ1v) is 8.03. The Morgan fingerprint density at radius 1 is 1.04 bits per heavy atom. The smallest absolute Gasteiger partial charge is 0.253 e. The van der Waals surface area contributed by atoms with Gasteiger partial charge in [-0.3, -0.25) is 9.78 Å². The van der Waals surface area contributed by atoms with Crippen molar-refractivity contribution >= 4 is 5.91 Å². The Labute approximate surface area is 142 Å².